The van der Waals surface area contributed by atoms with Crippen molar-refractivity contribution in [3.8, 4) is 17.6 Å². The van der Waals surface area contributed by atoms with Crippen molar-refractivity contribution in [1.82, 2.24) is 0 Å². The van der Waals surface area contributed by atoms with Crippen LogP contribution in [0.5, 0.6) is 11.5 Å². The van der Waals surface area contributed by atoms with Gasteiger partial charge in [-0.1, -0.05) is 22.0 Å². The Kier molecular flexibility index (Phi) is 3.48. The summed E-state index contributed by atoms with van der Waals surface area (Å²) in [6.45, 7) is 0.887. The average Bonchev–Trinajstić information content (AvgIpc) is 2.92. The van der Waals surface area contributed by atoms with E-state index in [1.807, 2.05) is 30.3 Å². The number of hydrogen-bond acceptors (Lipinski definition) is 4. The van der Waals surface area contributed by atoms with Gasteiger partial charge in [-0.25, -0.2) is 0 Å². The van der Waals surface area contributed by atoms with Gasteiger partial charge in [-0.15, -0.1) is 0 Å². The zero-order chi connectivity index (χ0) is 13.9. The second kappa shape index (κ2) is 5.43. The minimum Gasteiger partial charge on any atom is -0.454 e. The lowest BCUT2D eigenvalue weighted by atomic mass is 10.1. The van der Waals surface area contributed by atoms with E-state index >= 15 is 0 Å². The predicted octanol–water partition coefficient (Wildman–Crippen LogP) is 3.66. The number of nitrogens with zero attached hydrogens (tertiary/aromatic N) is 1. The molecule has 1 N–H and O–H groups in total. The lowest BCUT2D eigenvalue weighted by molar-refractivity contribution is 0.174. The van der Waals surface area contributed by atoms with Gasteiger partial charge in [-0.2, -0.15) is 5.26 Å². The number of halogens is 1. The molecule has 4 nitrogen and oxygen atoms in total. The first-order valence-electron chi connectivity index (χ1n) is 6.08. The van der Waals surface area contributed by atoms with Gasteiger partial charge in [0.2, 0.25) is 6.79 Å². The third-order valence-corrected chi connectivity index (χ3v) is 3.52. The molecule has 0 fully saturated rings. The molecule has 2 aromatic carbocycles. The fourth-order valence-electron chi connectivity index (χ4n) is 2.01. The molecule has 0 bridgehead atoms. The molecule has 0 atom stereocenters. The van der Waals surface area contributed by atoms with Crippen LogP contribution in [0.3, 0.4) is 0 Å². The highest BCUT2D eigenvalue weighted by molar-refractivity contribution is 9.10. The summed E-state index contributed by atoms with van der Waals surface area (Å²) in [4.78, 5) is 0. The molecule has 0 aromatic heterocycles. The van der Waals surface area contributed by atoms with Gasteiger partial charge in [0.15, 0.2) is 11.5 Å². The summed E-state index contributed by atoms with van der Waals surface area (Å²) in [7, 11) is 0. The van der Waals surface area contributed by atoms with Crippen molar-refractivity contribution in [3.63, 3.8) is 0 Å². The first kappa shape index (κ1) is 12.8. The lowest BCUT2D eigenvalue weighted by Crippen LogP contribution is -2.01. The van der Waals surface area contributed by atoms with Crippen LogP contribution >= 0.6 is 15.9 Å². The maximum Gasteiger partial charge on any atom is 0.231 e. The molecule has 0 saturated heterocycles. The van der Waals surface area contributed by atoms with Crippen molar-refractivity contribution in [3.05, 3.63) is 52.0 Å². The summed E-state index contributed by atoms with van der Waals surface area (Å²) in [5, 5.41) is 12.4. The Morgan fingerprint density at radius 2 is 2.00 bits per heavy atom. The summed E-state index contributed by atoms with van der Waals surface area (Å²) >= 11 is 3.41. The van der Waals surface area contributed by atoms with Crippen LogP contribution in [0.1, 0.15) is 11.1 Å². The van der Waals surface area contributed by atoms with Gasteiger partial charge in [0.1, 0.15) is 6.07 Å². The van der Waals surface area contributed by atoms with Crippen molar-refractivity contribution in [2.24, 2.45) is 0 Å². The zero-order valence-electron chi connectivity index (χ0n) is 10.5. The smallest absolute Gasteiger partial charge is 0.231 e. The first-order valence-corrected chi connectivity index (χ1v) is 6.87. The third-order valence-electron chi connectivity index (χ3n) is 3.02. The van der Waals surface area contributed by atoms with Gasteiger partial charge in [0.05, 0.1) is 11.3 Å². The SMILES string of the molecule is N#Cc1ccc(Br)cc1NCc1ccc2c(c1)OCO2. The molecule has 2 aromatic rings. The van der Waals surface area contributed by atoms with Crippen LogP contribution in [0, 0.1) is 11.3 Å². The number of anilines is 1. The van der Waals surface area contributed by atoms with E-state index in [9.17, 15) is 0 Å². The molecule has 0 radical (unpaired) electrons. The Labute approximate surface area is 125 Å². The maximum atomic E-state index is 9.09. The van der Waals surface area contributed by atoms with Crippen LogP contribution in [0.15, 0.2) is 40.9 Å². The second-order valence-electron chi connectivity index (χ2n) is 4.34. The highest BCUT2D eigenvalue weighted by atomic mass is 79.9. The molecule has 20 heavy (non-hydrogen) atoms. The van der Waals surface area contributed by atoms with Crippen molar-refractivity contribution < 1.29 is 9.47 Å². The maximum absolute atomic E-state index is 9.09. The monoisotopic (exact) mass is 330 g/mol. The van der Waals surface area contributed by atoms with E-state index in [1.165, 1.54) is 0 Å². The molecule has 1 aliphatic rings. The first-order chi connectivity index (χ1) is 9.76. The number of nitrogens with one attached hydrogen (secondary N) is 1. The van der Waals surface area contributed by atoms with Crippen LogP contribution in [-0.4, -0.2) is 6.79 Å². The summed E-state index contributed by atoms with van der Waals surface area (Å²) in [6, 6.07) is 13.5. The summed E-state index contributed by atoms with van der Waals surface area (Å²) in [5.41, 5.74) is 2.49. The van der Waals surface area contributed by atoms with Crippen LogP contribution in [0.2, 0.25) is 0 Å². The average molecular weight is 331 g/mol. The van der Waals surface area contributed by atoms with Crippen LogP contribution in [0.25, 0.3) is 0 Å². The molecule has 100 valence electrons. The van der Waals surface area contributed by atoms with Crippen LogP contribution < -0.4 is 14.8 Å². The molecule has 0 unspecified atom stereocenters. The second-order valence-corrected chi connectivity index (χ2v) is 5.26. The van der Waals surface area contributed by atoms with Crippen LogP contribution in [0.4, 0.5) is 5.69 Å². The van der Waals surface area contributed by atoms with Crippen molar-refractivity contribution >= 4 is 21.6 Å². The molecule has 0 saturated carbocycles. The fraction of sp³-hybridized carbons (Fsp3) is 0.133. The molecular weight excluding hydrogens is 320 g/mol. The number of benzene rings is 2. The minimum atomic E-state index is 0.274. The van der Waals surface area contributed by atoms with Gasteiger partial charge < -0.3 is 14.8 Å². The third kappa shape index (κ3) is 2.56. The Balaban J connectivity index is 1.77. The van der Waals surface area contributed by atoms with E-state index in [0.29, 0.717) is 12.1 Å². The van der Waals surface area contributed by atoms with Gasteiger partial charge in [0.25, 0.3) is 0 Å². The summed E-state index contributed by atoms with van der Waals surface area (Å²) < 4.78 is 11.6. The van der Waals surface area contributed by atoms with Crippen molar-refractivity contribution in [1.29, 1.82) is 5.26 Å². The summed E-state index contributed by atoms with van der Waals surface area (Å²) in [6.07, 6.45) is 0. The number of ether oxygens (including phenoxy) is 2. The van der Waals surface area contributed by atoms with Gasteiger partial charge in [-0.3, -0.25) is 0 Å². The van der Waals surface area contributed by atoms with E-state index in [2.05, 4.69) is 27.3 Å². The molecular formula is C15H11BrN2O2. The normalized spacial score (nSPS) is 12.0. The molecule has 5 heteroatoms. The number of fused-ring (bicyclic) bond motifs is 1. The van der Waals surface area contributed by atoms with Crippen molar-refractivity contribution in [2.75, 3.05) is 12.1 Å². The molecule has 1 heterocycles. The quantitative estimate of drug-likeness (QED) is 0.933. The van der Waals surface area contributed by atoms with E-state index in [-0.39, 0.29) is 6.79 Å². The lowest BCUT2D eigenvalue weighted by Gasteiger charge is -2.09. The highest BCUT2D eigenvalue weighted by Gasteiger charge is 2.13. The largest absolute Gasteiger partial charge is 0.454 e. The Bertz CT molecular complexity index is 695. The van der Waals surface area contributed by atoms with Crippen LogP contribution in [-0.2, 0) is 6.54 Å². The van der Waals surface area contributed by atoms with E-state index in [1.54, 1.807) is 6.07 Å². The topological polar surface area (TPSA) is 54.3 Å². The molecule has 0 amide bonds. The predicted molar refractivity (Wildman–Crippen MR) is 78.7 cm³/mol. The van der Waals surface area contributed by atoms with Gasteiger partial charge in [-0.05, 0) is 35.9 Å². The van der Waals surface area contributed by atoms with Gasteiger partial charge in [0, 0.05) is 11.0 Å². The molecule has 3 rings (SSSR count). The minimum absolute atomic E-state index is 0.274. The van der Waals surface area contributed by atoms with Crippen molar-refractivity contribution in [2.45, 2.75) is 6.54 Å². The number of hydrogen-bond donors (Lipinski definition) is 1. The van der Waals surface area contributed by atoms with E-state index in [4.69, 9.17) is 14.7 Å². The Morgan fingerprint density at radius 3 is 2.85 bits per heavy atom. The highest BCUT2D eigenvalue weighted by Crippen LogP contribution is 2.32. The fourth-order valence-corrected chi connectivity index (χ4v) is 2.37. The summed E-state index contributed by atoms with van der Waals surface area (Å²) in [5.74, 6) is 1.54. The molecule has 0 spiro atoms. The van der Waals surface area contributed by atoms with E-state index in [0.717, 1.165) is 27.2 Å². The zero-order valence-corrected chi connectivity index (χ0v) is 12.1. The van der Waals surface area contributed by atoms with E-state index < -0.39 is 0 Å². The number of nitriles is 1. The Morgan fingerprint density at radius 1 is 1.15 bits per heavy atom. The number of rotatable bonds is 3. The standard InChI is InChI=1S/C15H11BrN2O2/c16-12-3-2-11(7-17)13(6-12)18-8-10-1-4-14-15(5-10)20-9-19-14/h1-6,18H,8-9H2. The molecule has 0 aliphatic carbocycles. The Hall–Kier alpha value is -2.19. The molecule has 1 aliphatic heterocycles. The van der Waals surface area contributed by atoms with Gasteiger partial charge >= 0.3 is 0 Å².